The molecule has 0 aliphatic heterocycles. The Morgan fingerprint density at radius 3 is 2.45 bits per heavy atom. The van der Waals surface area contributed by atoms with E-state index in [4.69, 9.17) is 0 Å². The predicted molar refractivity (Wildman–Crippen MR) is 79.8 cm³/mol. The Balaban J connectivity index is 2.30. The first-order valence-corrected chi connectivity index (χ1v) is 6.81. The van der Waals surface area contributed by atoms with Crippen LogP contribution in [0.25, 0.3) is 22.4 Å². The molecular formula is C18H12F4. The summed E-state index contributed by atoms with van der Waals surface area (Å²) < 4.78 is 54.4. The van der Waals surface area contributed by atoms with Gasteiger partial charge in [0, 0.05) is 17.0 Å². The van der Waals surface area contributed by atoms with E-state index in [1.165, 1.54) is 6.07 Å². The van der Waals surface area contributed by atoms with Gasteiger partial charge in [0.2, 0.25) is 0 Å². The Hall–Kier alpha value is -2.36. The maximum atomic E-state index is 14.6. The average Bonchev–Trinajstić information content (AvgIpc) is 2.52. The average molecular weight is 304 g/mol. The highest BCUT2D eigenvalue weighted by atomic mass is 19.2. The van der Waals surface area contributed by atoms with Crippen LogP contribution in [0.4, 0.5) is 17.6 Å². The lowest BCUT2D eigenvalue weighted by Gasteiger charge is -2.10. The topological polar surface area (TPSA) is 0 Å². The first-order chi connectivity index (χ1) is 10.5. The maximum absolute atomic E-state index is 14.6. The first kappa shape index (κ1) is 14.6. The van der Waals surface area contributed by atoms with Crippen molar-refractivity contribution in [1.29, 1.82) is 0 Å². The van der Waals surface area contributed by atoms with E-state index < -0.39 is 29.7 Å². The van der Waals surface area contributed by atoms with Gasteiger partial charge in [-0.1, -0.05) is 30.3 Å². The first-order valence-electron chi connectivity index (χ1n) is 6.81. The highest BCUT2D eigenvalue weighted by Crippen LogP contribution is 2.31. The predicted octanol–water partition coefficient (Wildman–Crippen LogP) is 4.34. The van der Waals surface area contributed by atoms with Crippen molar-refractivity contribution in [3.63, 3.8) is 0 Å². The highest BCUT2D eigenvalue weighted by molar-refractivity contribution is 5.84. The minimum atomic E-state index is -1.51. The number of rotatable bonds is 0. The number of hydrogen-bond acceptors (Lipinski definition) is 0. The van der Waals surface area contributed by atoms with Gasteiger partial charge in [0.1, 0.15) is 11.6 Å². The largest absolute Gasteiger partial charge is 0.208 e. The molecule has 1 aliphatic rings. The Morgan fingerprint density at radius 1 is 1.00 bits per heavy atom. The molecule has 3 rings (SSSR count). The van der Waals surface area contributed by atoms with Crippen LogP contribution in [0.2, 0.25) is 0 Å². The number of hydrogen-bond donors (Lipinski definition) is 0. The Bertz CT molecular complexity index is 949. The number of halogens is 4. The molecule has 0 atom stereocenters. The van der Waals surface area contributed by atoms with E-state index in [9.17, 15) is 17.6 Å². The molecule has 0 amide bonds. The number of fused-ring (bicyclic) bond motifs is 1. The van der Waals surface area contributed by atoms with Gasteiger partial charge in [0.15, 0.2) is 11.7 Å². The van der Waals surface area contributed by atoms with Gasteiger partial charge in [0.05, 0.1) is 0 Å². The van der Waals surface area contributed by atoms with Crippen molar-refractivity contribution in [2.24, 2.45) is 0 Å². The van der Waals surface area contributed by atoms with Crippen molar-refractivity contribution >= 4 is 22.4 Å². The molecule has 0 unspecified atom stereocenters. The van der Waals surface area contributed by atoms with E-state index in [0.29, 0.717) is 10.8 Å². The molecule has 0 bridgehead atoms. The third-order valence-electron chi connectivity index (χ3n) is 3.75. The van der Waals surface area contributed by atoms with Crippen LogP contribution in [0.5, 0.6) is 0 Å². The van der Waals surface area contributed by atoms with Crippen molar-refractivity contribution in [1.82, 2.24) is 0 Å². The van der Waals surface area contributed by atoms with Crippen molar-refractivity contribution in [3.8, 4) is 0 Å². The third kappa shape index (κ3) is 2.34. The normalized spacial score (nSPS) is 19.0. The fraction of sp³-hybridized carbons (Fsp3) is 0.111. The SMILES string of the molecule is C/C=c1\ccc2c(F)/c(=C3\C=C(F)C(F)=C(F)C3)ccc2c1. The van der Waals surface area contributed by atoms with Crippen molar-refractivity contribution < 1.29 is 17.6 Å². The van der Waals surface area contributed by atoms with E-state index in [1.807, 2.05) is 19.1 Å². The molecule has 2 aromatic carbocycles. The molecule has 0 nitrogen and oxygen atoms in total. The second-order valence-corrected chi connectivity index (χ2v) is 5.11. The molecule has 112 valence electrons. The summed E-state index contributed by atoms with van der Waals surface area (Å²) in [4.78, 5) is 0. The zero-order valence-corrected chi connectivity index (χ0v) is 11.8. The molecule has 0 heterocycles. The minimum absolute atomic E-state index is 0.0820. The molecular weight excluding hydrogens is 292 g/mol. The van der Waals surface area contributed by atoms with Gasteiger partial charge in [-0.25, -0.2) is 17.6 Å². The van der Waals surface area contributed by atoms with E-state index in [0.717, 1.165) is 11.3 Å². The summed E-state index contributed by atoms with van der Waals surface area (Å²) in [6.45, 7) is 1.88. The molecule has 0 spiro atoms. The molecule has 22 heavy (non-hydrogen) atoms. The Labute approximate surface area is 124 Å². The van der Waals surface area contributed by atoms with Crippen molar-refractivity contribution in [2.75, 3.05) is 0 Å². The van der Waals surface area contributed by atoms with Gasteiger partial charge in [-0.15, -0.1) is 0 Å². The lowest BCUT2D eigenvalue weighted by Crippen LogP contribution is -2.13. The van der Waals surface area contributed by atoms with E-state index in [1.54, 1.807) is 18.2 Å². The highest BCUT2D eigenvalue weighted by Gasteiger charge is 2.20. The summed E-state index contributed by atoms with van der Waals surface area (Å²) in [6, 6.07) is 8.36. The van der Waals surface area contributed by atoms with E-state index >= 15 is 0 Å². The van der Waals surface area contributed by atoms with Gasteiger partial charge < -0.3 is 0 Å². The Kier molecular flexibility index (Phi) is 3.61. The fourth-order valence-corrected chi connectivity index (χ4v) is 2.55. The molecule has 2 aromatic rings. The molecule has 0 fully saturated rings. The van der Waals surface area contributed by atoms with Gasteiger partial charge in [-0.2, -0.15) is 0 Å². The smallest absolute Gasteiger partial charge is 0.190 e. The van der Waals surface area contributed by atoms with Gasteiger partial charge >= 0.3 is 0 Å². The summed E-state index contributed by atoms with van der Waals surface area (Å²) in [5, 5.41) is 2.09. The quantitative estimate of drug-likeness (QED) is 0.635. The summed E-state index contributed by atoms with van der Waals surface area (Å²) in [7, 11) is 0. The van der Waals surface area contributed by atoms with Crippen LogP contribution < -0.4 is 10.4 Å². The fourth-order valence-electron chi connectivity index (χ4n) is 2.55. The standard InChI is InChI=1S/C18H12F4/c1-2-10-3-5-13-11(7-10)4-6-14(17(13)21)12-8-15(19)18(22)16(20)9-12/h2-8H,9H2,1H3/b10-2+,14-12+. The van der Waals surface area contributed by atoms with Crippen LogP contribution in [-0.4, -0.2) is 0 Å². The van der Waals surface area contributed by atoms with E-state index in [2.05, 4.69) is 0 Å². The van der Waals surface area contributed by atoms with Gasteiger partial charge in [0.25, 0.3) is 0 Å². The third-order valence-corrected chi connectivity index (χ3v) is 3.75. The summed E-state index contributed by atoms with van der Waals surface area (Å²) in [5.74, 6) is -4.60. The van der Waals surface area contributed by atoms with Gasteiger partial charge in [-0.05, 0) is 35.2 Å². The number of benzene rings is 2. The minimum Gasteiger partial charge on any atom is -0.208 e. The molecule has 0 saturated heterocycles. The van der Waals surface area contributed by atoms with Crippen molar-refractivity contribution in [3.05, 3.63) is 70.1 Å². The van der Waals surface area contributed by atoms with Crippen LogP contribution in [0.3, 0.4) is 0 Å². The molecule has 4 heteroatoms. The summed E-state index contributed by atoms with van der Waals surface area (Å²) >= 11 is 0. The molecule has 0 radical (unpaired) electrons. The van der Waals surface area contributed by atoms with Crippen LogP contribution in [0.15, 0.2) is 53.9 Å². The maximum Gasteiger partial charge on any atom is 0.190 e. The van der Waals surface area contributed by atoms with Crippen LogP contribution >= 0.6 is 0 Å². The molecule has 1 aliphatic carbocycles. The van der Waals surface area contributed by atoms with E-state index in [-0.39, 0.29) is 10.8 Å². The monoisotopic (exact) mass is 304 g/mol. The number of allylic oxidation sites excluding steroid dienone is 4. The molecule has 0 aromatic heterocycles. The van der Waals surface area contributed by atoms with Crippen LogP contribution in [0, 0.1) is 5.82 Å². The zero-order valence-electron chi connectivity index (χ0n) is 11.8. The summed E-state index contributed by atoms with van der Waals surface area (Å²) in [6.07, 6.45) is 2.28. The van der Waals surface area contributed by atoms with Crippen LogP contribution in [0.1, 0.15) is 13.3 Å². The van der Waals surface area contributed by atoms with Crippen molar-refractivity contribution in [2.45, 2.75) is 13.3 Å². The lowest BCUT2D eigenvalue weighted by molar-refractivity contribution is 0.481. The van der Waals surface area contributed by atoms with Gasteiger partial charge in [-0.3, -0.25) is 0 Å². The van der Waals surface area contributed by atoms with Crippen LogP contribution in [-0.2, 0) is 0 Å². The molecule has 0 N–H and O–H groups in total. The lowest BCUT2D eigenvalue weighted by atomic mass is 9.99. The zero-order chi connectivity index (χ0) is 15.9. The second kappa shape index (κ2) is 5.44. The second-order valence-electron chi connectivity index (χ2n) is 5.11. The molecule has 0 saturated carbocycles. The summed E-state index contributed by atoms with van der Waals surface area (Å²) in [5.41, 5.74) is 0.0851. The Morgan fingerprint density at radius 2 is 1.77 bits per heavy atom.